The number of aldehydes is 1. The Kier molecular flexibility index (Phi) is 3.66. The Balaban J connectivity index is 3.19. The topological polar surface area (TPSA) is 20.3 Å². The molecule has 0 N–H and O–H groups in total. The van der Waals surface area contributed by atoms with Gasteiger partial charge in [-0.1, -0.05) is 23.7 Å². The van der Waals surface area contributed by atoms with Gasteiger partial charge in [0.2, 0.25) is 0 Å². The van der Waals surface area contributed by atoms with Gasteiger partial charge >= 0.3 is 0 Å². The summed E-state index contributed by atoms with van der Waals surface area (Å²) in [5.74, 6) is -0.456. The summed E-state index contributed by atoms with van der Waals surface area (Å²) in [5.41, 5.74) is 0.956. The van der Waals surface area contributed by atoms with Crippen LogP contribution in [-0.4, -0.2) is 33.1 Å². The van der Waals surface area contributed by atoms with Crippen molar-refractivity contribution < 1.29 is 9.18 Å². The lowest BCUT2D eigenvalue weighted by Crippen LogP contribution is -2.06. The van der Waals surface area contributed by atoms with E-state index in [1.165, 1.54) is 18.3 Å². The van der Waals surface area contributed by atoms with Gasteiger partial charge in [0, 0.05) is 31.4 Å². The lowest BCUT2D eigenvalue weighted by Gasteiger charge is -2.08. The van der Waals surface area contributed by atoms with Crippen LogP contribution in [0.3, 0.4) is 0 Å². The Morgan fingerprint density at radius 2 is 2.13 bits per heavy atom. The molecule has 2 radical (unpaired) electrons. The molecule has 0 saturated carbocycles. The summed E-state index contributed by atoms with van der Waals surface area (Å²) in [5, 5.41) is 0. The molecule has 15 heavy (non-hydrogen) atoms. The third-order valence-electron chi connectivity index (χ3n) is 1.83. The molecule has 0 heterocycles. The number of benzene rings is 1. The first-order valence-electron chi connectivity index (χ1n) is 4.43. The van der Waals surface area contributed by atoms with Crippen molar-refractivity contribution in [2.45, 2.75) is 0 Å². The van der Waals surface area contributed by atoms with Gasteiger partial charge in [0.25, 0.3) is 0 Å². The van der Waals surface area contributed by atoms with Crippen molar-refractivity contribution in [1.82, 2.24) is 4.90 Å². The van der Waals surface area contributed by atoms with E-state index >= 15 is 0 Å². The van der Waals surface area contributed by atoms with Crippen LogP contribution in [0.15, 0.2) is 24.4 Å². The first-order chi connectivity index (χ1) is 7.04. The average molecular weight is 203 g/mol. The van der Waals surface area contributed by atoms with Crippen LogP contribution >= 0.6 is 0 Å². The van der Waals surface area contributed by atoms with Crippen LogP contribution in [0, 0.1) is 0 Å². The molecule has 1 aromatic rings. The van der Waals surface area contributed by atoms with Gasteiger partial charge in [0.1, 0.15) is 13.7 Å². The summed E-state index contributed by atoms with van der Waals surface area (Å²) < 4.78 is 13.6. The third-order valence-corrected chi connectivity index (χ3v) is 1.83. The number of hydrogen-bond acceptors (Lipinski definition) is 2. The molecule has 0 aliphatic rings. The van der Waals surface area contributed by atoms with Crippen molar-refractivity contribution in [3.63, 3.8) is 0 Å². The summed E-state index contributed by atoms with van der Waals surface area (Å²) in [6.07, 6.45) is 1.90. The number of rotatable bonds is 3. The van der Waals surface area contributed by atoms with Crippen LogP contribution in [-0.2, 0) is 0 Å². The predicted molar refractivity (Wildman–Crippen MR) is 60.0 cm³/mol. The maximum atomic E-state index is 13.6. The second-order valence-electron chi connectivity index (χ2n) is 3.41. The predicted octanol–water partition coefficient (Wildman–Crippen LogP) is 1.12. The summed E-state index contributed by atoms with van der Waals surface area (Å²) in [4.78, 5) is 12.3. The van der Waals surface area contributed by atoms with Crippen LogP contribution in [0.4, 0.5) is 4.39 Å². The summed E-state index contributed by atoms with van der Waals surface area (Å²) >= 11 is 0. The van der Waals surface area contributed by atoms with E-state index < -0.39 is 5.83 Å². The van der Waals surface area contributed by atoms with Crippen LogP contribution in [0.25, 0.3) is 5.83 Å². The Labute approximate surface area is 89.8 Å². The van der Waals surface area contributed by atoms with Gasteiger partial charge in [-0.05, 0) is 0 Å². The normalized spacial score (nSPS) is 11.3. The summed E-state index contributed by atoms with van der Waals surface area (Å²) in [7, 11) is 8.90. The molecular weight excluding hydrogens is 192 g/mol. The highest BCUT2D eigenvalue weighted by Crippen LogP contribution is 2.18. The van der Waals surface area contributed by atoms with Gasteiger partial charge in [0.15, 0.2) is 6.29 Å². The fraction of sp³-hybridized carbons (Fsp3) is 0.182. The van der Waals surface area contributed by atoms with E-state index in [4.69, 9.17) is 7.85 Å². The SMILES string of the molecule is [B]c1ccc(/C(F)=C\N(C)C)c(C=O)c1. The van der Waals surface area contributed by atoms with Crippen LogP contribution < -0.4 is 5.46 Å². The molecule has 4 heteroatoms. The fourth-order valence-electron chi connectivity index (χ4n) is 1.19. The Morgan fingerprint density at radius 3 is 2.67 bits per heavy atom. The molecule has 2 nitrogen and oxygen atoms in total. The van der Waals surface area contributed by atoms with Crippen molar-refractivity contribution in [1.29, 1.82) is 0 Å². The van der Waals surface area contributed by atoms with E-state index in [0.29, 0.717) is 11.7 Å². The van der Waals surface area contributed by atoms with Gasteiger partial charge in [-0.3, -0.25) is 4.79 Å². The molecular formula is C11H11BFNO. The molecule has 0 spiro atoms. The smallest absolute Gasteiger partial charge is 0.150 e. The average Bonchev–Trinajstić information content (AvgIpc) is 2.16. The third kappa shape index (κ3) is 2.94. The highest BCUT2D eigenvalue weighted by Gasteiger charge is 2.07. The lowest BCUT2D eigenvalue weighted by molar-refractivity contribution is 0.112. The minimum atomic E-state index is -0.456. The number of carbonyl (C=O) groups excluding carboxylic acids is 1. The second kappa shape index (κ2) is 4.78. The maximum Gasteiger partial charge on any atom is 0.150 e. The molecule has 0 aromatic heterocycles. The highest BCUT2D eigenvalue weighted by atomic mass is 19.1. The van der Waals surface area contributed by atoms with E-state index in [2.05, 4.69) is 0 Å². The number of halogens is 1. The number of nitrogens with zero attached hydrogens (tertiary/aromatic N) is 1. The van der Waals surface area contributed by atoms with E-state index in [9.17, 15) is 9.18 Å². The molecule has 0 saturated heterocycles. The zero-order valence-corrected chi connectivity index (χ0v) is 8.70. The fourth-order valence-corrected chi connectivity index (χ4v) is 1.19. The van der Waals surface area contributed by atoms with Crippen LogP contribution in [0.1, 0.15) is 15.9 Å². The van der Waals surface area contributed by atoms with Gasteiger partial charge in [-0.15, -0.1) is 0 Å². The minimum Gasteiger partial charge on any atom is -0.381 e. The van der Waals surface area contributed by atoms with Crippen molar-refractivity contribution in [3.8, 4) is 0 Å². The lowest BCUT2D eigenvalue weighted by atomic mass is 9.92. The highest BCUT2D eigenvalue weighted by molar-refractivity contribution is 6.32. The van der Waals surface area contributed by atoms with Gasteiger partial charge in [-0.25, -0.2) is 4.39 Å². The number of hydrogen-bond donors (Lipinski definition) is 0. The molecule has 0 atom stereocenters. The molecule has 1 aromatic carbocycles. The standard InChI is InChI=1S/C11H11BFNO/c1-14(2)6-11(13)10-4-3-9(12)5-8(10)7-15/h3-7H,1-2H3/b11-6+. The van der Waals surface area contributed by atoms with E-state index in [1.54, 1.807) is 25.1 Å². The first kappa shape index (κ1) is 11.5. The molecule has 0 amide bonds. The molecule has 0 fully saturated rings. The monoisotopic (exact) mass is 203 g/mol. The molecule has 0 bridgehead atoms. The zero-order valence-electron chi connectivity index (χ0n) is 8.70. The summed E-state index contributed by atoms with van der Waals surface area (Å²) in [6, 6.07) is 4.51. The van der Waals surface area contributed by atoms with Crippen LogP contribution in [0.2, 0.25) is 0 Å². The molecule has 0 aliphatic carbocycles. The minimum absolute atomic E-state index is 0.255. The zero-order chi connectivity index (χ0) is 11.4. The van der Waals surface area contributed by atoms with Crippen molar-refractivity contribution >= 4 is 25.4 Å². The maximum absolute atomic E-state index is 13.6. The van der Waals surface area contributed by atoms with Crippen LogP contribution in [0.5, 0.6) is 0 Å². The Bertz CT molecular complexity index is 402. The van der Waals surface area contributed by atoms with Gasteiger partial charge < -0.3 is 4.90 Å². The van der Waals surface area contributed by atoms with Crippen molar-refractivity contribution in [2.24, 2.45) is 0 Å². The number of carbonyl (C=O) groups is 1. The van der Waals surface area contributed by atoms with E-state index in [0.717, 1.165) is 0 Å². The van der Waals surface area contributed by atoms with E-state index in [1.807, 2.05) is 0 Å². The van der Waals surface area contributed by atoms with Crippen molar-refractivity contribution in [2.75, 3.05) is 14.1 Å². The molecule has 0 aliphatic heterocycles. The molecule has 76 valence electrons. The van der Waals surface area contributed by atoms with Crippen molar-refractivity contribution in [3.05, 3.63) is 35.5 Å². The second-order valence-corrected chi connectivity index (χ2v) is 3.41. The quantitative estimate of drug-likeness (QED) is 0.542. The Hall–Kier alpha value is -1.58. The molecule has 0 unspecified atom stereocenters. The largest absolute Gasteiger partial charge is 0.381 e. The molecule has 1 rings (SSSR count). The summed E-state index contributed by atoms with van der Waals surface area (Å²) in [6.45, 7) is 0. The Morgan fingerprint density at radius 1 is 1.47 bits per heavy atom. The van der Waals surface area contributed by atoms with Gasteiger partial charge in [-0.2, -0.15) is 0 Å². The van der Waals surface area contributed by atoms with E-state index in [-0.39, 0.29) is 11.1 Å². The first-order valence-corrected chi connectivity index (χ1v) is 4.43. The van der Waals surface area contributed by atoms with Gasteiger partial charge in [0.05, 0.1) is 0 Å².